The van der Waals surface area contributed by atoms with E-state index >= 15 is 0 Å². The Morgan fingerprint density at radius 3 is 2.57 bits per heavy atom. The van der Waals surface area contributed by atoms with Crippen LogP contribution in [0.4, 0.5) is 0 Å². The molecule has 0 spiro atoms. The van der Waals surface area contributed by atoms with Crippen LogP contribution in [0.2, 0.25) is 0 Å². The summed E-state index contributed by atoms with van der Waals surface area (Å²) < 4.78 is 0. The Kier molecular flexibility index (Phi) is 6.49. The molecule has 1 heterocycles. The van der Waals surface area contributed by atoms with Gasteiger partial charge in [0.05, 0.1) is 5.41 Å². The van der Waals surface area contributed by atoms with Gasteiger partial charge in [-0.2, -0.15) is 0 Å². The minimum absolute atomic E-state index is 0. The number of carbonyl (C=O) groups excluding carboxylic acids is 1. The maximum atomic E-state index is 13.2. The van der Waals surface area contributed by atoms with Gasteiger partial charge in [-0.15, -0.1) is 12.4 Å². The van der Waals surface area contributed by atoms with Crippen molar-refractivity contribution in [3.05, 3.63) is 35.4 Å². The van der Waals surface area contributed by atoms with Crippen molar-refractivity contribution in [2.24, 2.45) is 0 Å². The second-order valence-electron chi connectivity index (χ2n) is 6.97. The molecule has 1 aliphatic heterocycles. The molecule has 1 aromatic rings. The molecule has 3 rings (SSSR count). The molecule has 1 aliphatic carbocycles. The second kappa shape index (κ2) is 8.16. The molecule has 1 atom stereocenters. The Morgan fingerprint density at radius 1 is 1.17 bits per heavy atom. The van der Waals surface area contributed by atoms with E-state index in [2.05, 4.69) is 41.8 Å². The lowest BCUT2D eigenvalue weighted by Gasteiger charge is -2.39. The summed E-state index contributed by atoms with van der Waals surface area (Å²) in [6.07, 6.45) is 7.81. The largest absolute Gasteiger partial charge is 0.351 e. The highest BCUT2D eigenvalue weighted by Crippen LogP contribution is 2.41. The van der Waals surface area contributed by atoms with Gasteiger partial charge >= 0.3 is 0 Å². The molecule has 23 heavy (non-hydrogen) atoms. The molecule has 128 valence electrons. The molecule has 1 amide bonds. The van der Waals surface area contributed by atoms with E-state index in [0.717, 1.165) is 51.6 Å². The minimum atomic E-state index is -0.305. The molecule has 0 bridgehead atoms. The lowest BCUT2D eigenvalue weighted by molar-refractivity contribution is -0.129. The molecule has 1 saturated heterocycles. The number of hydrogen-bond donors (Lipinski definition) is 2. The van der Waals surface area contributed by atoms with Crippen LogP contribution in [0.15, 0.2) is 24.3 Å². The van der Waals surface area contributed by atoms with Crippen LogP contribution in [0.1, 0.15) is 56.1 Å². The Labute approximate surface area is 146 Å². The summed E-state index contributed by atoms with van der Waals surface area (Å²) in [6.45, 7) is 4.13. The number of piperidine rings is 1. The predicted octanol–water partition coefficient (Wildman–Crippen LogP) is 3.49. The van der Waals surface area contributed by atoms with Crippen molar-refractivity contribution in [2.45, 2.75) is 63.3 Å². The van der Waals surface area contributed by atoms with E-state index in [4.69, 9.17) is 0 Å². The average Bonchev–Trinajstić information content (AvgIpc) is 2.57. The van der Waals surface area contributed by atoms with Gasteiger partial charge in [-0.1, -0.05) is 43.5 Å². The van der Waals surface area contributed by atoms with E-state index in [9.17, 15) is 4.79 Å². The monoisotopic (exact) mass is 336 g/mol. The number of carbonyl (C=O) groups is 1. The zero-order valence-corrected chi connectivity index (χ0v) is 14.9. The Morgan fingerprint density at radius 2 is 1.91 bits per heavy atom. The van der Waals surface area contributed by atoms with Crippen LogP contribution < -0.4 is 10.6 Å². The maximum absolute atomic E-state index is 13.2. The van der Waals surface area contributed by atoms with Crippen LogP contribution >= 0.6 is 12.4 Å². The lowest BCUT2D eigenvalue weighted by Crippen LogP contribution is -2.53. The summed E-state index contributed by atoms with van der Waals surface area (Å²) in [4.78, 5) is 13.2. The fourth-order valence-corrected chi connectivity index (χ4v) is 4.18. The van der Waals surface area contributed by atoms with Crippen molar-refractivity contribution in [1.82, 2.24) is 10.6 Å². The zero-order chi connectivity index (χ0) is 15.4. The number of hydrogen-bond acceptors (Lipinski definition) is 2. The van der Waals surface area contributed by atoms with Gasteiger partial charge in [0, 0.05) is 12.6 Å². The normalized spacial score (nSPS) is 23.6. The summed E-state index contributed by atoms with van der Waals surface area (Å²) in [7, 11) is 0. The Bertz CT molecular complexity index is 520. The van der Waals surface area contributed by atoms with Crippen molar-refractivity contribution in [2.75, 3.05) is 13.1 Å². The quantitative estimate of drug-likeness (QED) is 0.887. The summed E-state index contributed by atoms with van der Waals surface area (Å²) in [6, 6.07) is 8.75. The van der Waals surface area contributed by atoms with E-state index in [1.807, 2.05) is 0 Å². The standard InChI is InChI=1S/C19H28N2O.ClH/c1-15-8-3-4-10-17(15)19(11-5-2-6-12-19)18(22)21-16-9-7-13-20-14-16;/h3-4,8,10,16,20H,2,5-7,9,11-14H2,1H3,(H,21,22);1H/t16-;/m0./s1. The first-order chi connectivity index (χ1) is 10.7. The first-order valence-electron chi connectivity index (χ1n) is 8.80. The first-order valence-corrected chi connectivity index (χ1v) is 8.80. The van der Waals surface area contributed by atoms with Gasteiger partial charge in [-0.3, -0.25) is 4.79 Å². The van der Waals surface area contributed by atoms with Gasteiger partial charge < -0.3 is 10.6 Å². The number of benzene rings is 1. The topological polar surface area (TPSA) is 41.1 Å². The highest BCUT2D eigenvalue weighted by Gasteiger charge is 2.42. The highest BCUT2D eigenvalue weighted by molar-refractivity contribution is 5.89. The number of rotatable bonds is 3. The van der Waals surface area contributed by atoms with Crippen LogP contribution in [-0.4, -0.2) is 25.0 Å². The molecule has 4 heteroatoms. The zero-order valence-electron chi connectivity index (χ0n) is 14.1. The predicted molar refractivity (Wildman–Crippen MR) is 97.2 cm³/mol. The molecule has 3 nitrogen and oxygen atoms in total. The fourth-order valence-electron chi connectivity index (χ4n) is 4.18. The van der Waals surface area contributed by atoms with E-state index < -0.39 is 0 Å². The third-order valence-electron chi connectivity index (χ3n) is 5.43. The smallest absolute Gasteiger partial charge is 0.230 e. The molecule has 0 radical (unpaired) electrons. The van der Waals surface area contributed by atoms with Crippen molar-refractivity contribution in [3.63, 3.8) is 0 Å². The summed E-state index contributed by atoms with van der Waals surface area (Å²) in [5, 5.41) is 6.75. The highest BCUT2D eigenvalue weighted by atomic mass is 35.5. The van der Waals surface area contributed by atoms with Gasteiger partial charge in [0.1, 0.15) is 0 Å². The molecule has 0 unspecified atom stereocenters. The van der Waals surface area contributed by atoms with E-state index in [1.165, 1.54) is 17.5 Å². The SMILES string of the molecule is Cc1ccccc1C1(C(=O)N[C@H]2CCCNC2)CCCCC1.Cl. The average molecular weight is 337 g/mol. The number of amides is 1. The van der Waals surface area contributed by atoms with Crippen molar-refractivity contribution in [1.29, 1.82) is 0 Å². The molecule has 2 fully saturated rings. The first kappa shape index (κ1) is 18.3. The van der Waals surface area contributed by atoms with Crippen LogP contribution in [0, 0.1) is 6.92 Å². The summed E-state index contributed by atoms with van der Waals surface area (Å²) in [5.74, 6) is 0.259. The van der Waals surface area contributed by atoms with Crippen LogP contribution in [-0.2, 0) is 10.2 Å². The van der Waals surface area contributed by atoms with Crippen LogP contribution in [0.25, 0.3) is 0 Å². The summed E-state index contributed by atoms with van der Waals surface area (Å²) >= 11 is 0. The van der Waals surface area contributed by atoms with E-state index in [1.54, 1.807) is 0 Å². The molecule has 1 aromatic carbocycles. The molecular formula is C19H29ClN2O. The third kappa shape index (κ3) is 3.89. The molecule has 2 N–H and O–H groups in total. The summed E-state index contributed by atoms with van der Waals surface area (Å²) in [5.41, 5.74) is 2.19. The number of aryl methyl sites for hydroxylation is 1. The third-order valence-corrected chi connectivity index (χ3v) is 5.43. The number of halogens is 1. The second-order valence-corrected chi connectivity index (χ2v) is 6.97. The molecule has 0 aromatic heterocycles. The fraction of sp³-hybridized carbons (Fsp3) is 0.632. The van der Waals surface area contributed by atoms with Crippen LogP contribution in [0.3, 0.4) is 0 Å². The van der Waals surface area contributed by atoms with E-state index in [-0.39, 0.29) is 23.7 Å². The van der Waals surface area contributed by atoms with Crippen molar-refractivity contribution >= 4 is 18.3 Å². The molecule has 1 saturated carbocycles. The van der Waals surface area contributed by atoms with E-state index in [0.29, 0.717) is 6.04 Å². The van der Waals surface area contributed by atoms with Crippen molar-refractivity contribution in [3.8, 4) is 0 Å². The minimum Gasteiger partial charge on any atom is -0.351 e. The molecular weight excluding hydrogens is 308 g/mol. The van der Waals surface area contributed by atoms with Gasteiger partial charge in [-0.25, -0.2) is 0 Å². The van der Waals surface area contributed by atoms with Crippen LogP contribution in [0.5, 0.6) is 0 Å². The van der Waals surface area contributed by atoms with Gasteiger partial charge in [0.25, 0.3) is 0 Å². The number of nitrogens with one attached hydrogen (secondary N) is 2. The van der Waals surface area contributed by atoms with Gasteiger partial charge in [-0.05, 0) is 50.3 Å². The Hall–Kier alpha value is -1.06. The van der Waals surface area contributed by atoms with Crippen molar-refractivity contribution < 1.29 is 4.79 Å². The molecule has 2 aliphatic rings. The lowest BCUT2D eigenvalue weighted by atomic mass is 9.67. The Balaban J connectivity index is 0.00000192. The maximum Gasteiger partial charge on any atom is 0.230 e. The van der Waals surface area contributed by atoms with Gasteiger partial charge in [0.2, 0.25) is 5.91 Å². The van der Waals surface area contributed by atoms with Gasteiger partial charge in [0.15, 0.2) is 0 Å².